The molecule has 2 aliphatic carbocycles. The van der Waals surface area contributed by atoms with Gasteiger partial charge in [-0.25, -0.2) is 8.78 Å². The number of benzene rings is 2. The summed E-state index contributed by atoms with van der Waals surface area (Å²) in [6, 6.07) is 8.51. The Morgan fingerprint density at radius 3 is 2.52 bits per heavy atom. The molecule has 0 aliphatic heterocycles. The first-order valence-electron chi connectivity index (χ1n) is 9.58. The van der Waals surface area contributed by atoms with Gasteiger partial charge in [-0.1, -0.05) is 18.2 Å². The van der Waals surface area contributed by atoms with E-state index in [2.05, 4.69) is 0 Å². The van der Waals surface area contributed by atoms with Gasteiger partial charge in [0.05, 0.1) is 6.61 Å². The van der Waals surface area contributed by atoms with Crippen molar-refractivity contribution >= 4 is 5.57 Å². The summed E-state index contributed by atoms with van der Waals surface area (Å²) in [6.45, 7) is 3.90. The van der Waals surface area contributed by atoms with Crippen LogP contribution in [0.1, 0.15) is 48.8 Å². The van der Waals surface area contributed by atoms with Gasteiger partial charge in [0.1, 0.15) is 5.82 Å². The maximum atomic E-state index is 14.7. The highest BCUT2D eigenvalue weighted by molar-refractivity contribution is 5.71. The fraction of sp³-hybridized carbons (Fsp3) is 0.391. The van der Waals surface area contributed by atoms with Crippen LogP contribution in [-0.4, -0.2) is 6.61 Å². The average Bonchev–Trinajstić information content (AvgIpc) is 3.22. The molecule has 0 aromatic heterocycles. The summed E-state index contributed by atoms with van der Waals surface area (Å²) in [5.74, 6) is -1.49. The predicted octanol–water partition coefficient (Wildman–Crippen LogP) is 6.41. The van der Waals surface area contributed by atoms with E-state index in [4.69, 9.17) is 4.74 Å². The van der Waals surface area contributed by atoms with E-state index in [9.17, 15) is 13.2 Å². The lowest BCUT2D eigenvalue weighted by atomic mass is 9.83. The van der Waals surface area contributed by atoms with Crippen molar-refractivity contribution in [3.8, 4) is 5.75 Å². The molecule has 0 bridgehead atoms. The van der Waals surface area contributed by atoms with Crippen molar-refractivity contribution in [2.24, 2.45) is 11.8 Å². The summed E-state index contributed by atoms with van der Waals surface area (Å²) >= 11 is 0. The number of hydrogen-bond donors (Lipinski definition) is 0. The molecule has 2 aliphatic rings. The number of ether oxygens (including phenoxy) is 1. The minimum absolute atomic E-state index is 0.0556. The van der Waals surface area contributed by atoms with Crippen molar-refractivity contribution < 1.29 is 17.9 Å². The Morgan fingerprint density at radius 2 is 1.78 bits per heavy atom. The molecule has 0 amide bonds. The van der Waals surface area contributed by atoms with Crippen molar-refractivity contribution in [2.45, 2.75) is 39.0 Å². The highest BCUT2D eigenvalue weighted by Crippen LogP contribution is 2.55. The number of aryl methyl sites for hydroxylation is 1. The van der Waals surface area contributed by atoms with E-state index in [0.29, 0.717) is 5.56 Å². The van der Waals surface area contributed by atoms with Crippen molar-refractivity contribution in [2.75, 3.05) is 6.61 Å². The molecule has 3 atom stereocenters. The van der Waals surface area contributed by atoms with Crippen molar-refractivity contribution in [1.82, 2.24) is 0 Å². The molecule has 4 rings (SSSR count). The second kappa shape index (κ2) is 7.06. The van der Waals surface area contributed by atoms with Gasteiger partial charge in [0, 0.05) is 5.56 Å². The van der Waals surface area contributed by atoms with Crippen LogP contribution in [0.3, 0.4) is 0 Å². The van der Waals surface area contributed by atoms with Gasteiger partial charge < -0.3 is 4.74 Å². The lowest BCUT2D eigenvalue weighted by Gasteiger charge is -2.21. The summed E-state index contributed by atoms with van der Waals surface area (Å²) < 4.78 is 48.6. The van der Waals surface area contributed by atoms with E-state index >= 15 is 0 Å². The smallest absolute Gasteiger partial charge is 0.201 e. The first kappa shape index (κ1) is 18.1. The summed E-state index contributed by atoms with van der Waals surface area (Å²) in [4.78, 5) is 0. The van der Waals surface area contributed by atoms with Crippen molar-refractivity contribution in [3.05, 3.63) is 70.5 Å². The largest absolute Gasteiger partial charge is 0.491 e. The first-order chi connectivity index (χ1) is 13.0. The van der Waals surface area contributed by atoms with Gasteiger partial charge >= 0.3 is 0 Å². The molecule has 1 fully saturated rings. The maximum Gasteiger partial charge on any atom is 0.201 e. The first-order valence-corrected chi connectivity index (χ1v) is 9.58. The van der Waals surface area contributed by atoms with Crippen LogP contribution in [0.4, 0.5) is 13.2 Å². The summed E-state index contributed by atoms with van der Waals surface area (Å²) in [6.07, 6.45) is 4.51. The van der Waals surface area contributed by atoms with E-state index in [1.165, 1.54) is 6.07 Å². The molecule has 2 aromatic carbocycles. The quantitative estimate of drug-likeness (QED) is 0.603. The zero-order chi connectivity index (χ0) is 19.1. The Balaban J connectivity index is 1.62. The second-order valence-corrected chi connectivity index (χ2v) is 7.55. The van der Waals surface area contributed by atoms with Gasteiger partial charge in [0.15, 0.2) is 11.6 Å². The lowest BCUT2D eigenvalue weighted by Crippen LogP contribution is -2.12. The molecule has 0 radical (unpaired) electrons. The number of allylic oxidation sites excluding steroid dienone is 2. The molecule has 0 spiro atoms. The van der Waals surface area contributed by atoms with Crippen molar-refractivity contribution in [1.29, 1.82) is 0 Å². The van der Waals surface area contributed by atoms with Crippen molar-refractivity contribution in [3.63, 3.8) is 0 Å². The van der Waals surface area contributed by atoms with E-state index in [-0.39, 0.29) is 35.9 Å². The van der Waals surface area contributed by atoms with Crippen LogP contribution in [0.25, 0.3) is 5.57 Å². The minimum atomic E-state index is -0.933. The van der Waals surface area contributed by atoms with Gasteiger partial charge in [-0.3, -0.25) is 0 Å². The Hall–Kier alpha value is -2.23. The molecule has 0 saturated heterocycles. The monoisotopic (exact) mass is 372 g/mol. The van der Waals surface area contributed by atoms with E-state index < -0.39 is 11.6 Å². The molecule has 142 valence electrons. The normalized spacial score (nSPS) is 24.0. The van der Waals surface area contributed by atoms with Gasteiger partial charge in [-0.2, -0.15) is 4.39 Å². The third-order valence-corrected chi connectivity index (χ3v) is 6.04. The standard InChI is InChI=1S/C23H23F3O/c1-3-27-21-11-10-19(22(25)23(21)26)17-9-7-14-15(17)6-8-16(14)18-5-4-13(2)12-20(18)24/h4-5,9-12,14-16H,3,6-8H2,1-2H3. The molecule has 27 heavy (non-hydrogen) atoms. The second-order valence-electron chi connectivity index (χ2n) is 7.55. The zero-order valence-corrected chi connectivity index (χ0v) is 15.6. The van der Waals surface area contributed by atoms with Gasteiger partial charge in [0.2, 0.25) is 5.82 Å². The van der Waals surface area contributed by atoms with E-state index in [0.717, 1.165) is 36.0 Å². The summed E-state index contributed by atoms with van der Waals surface area (Å²) in [7, 11) is 0. The lowest BCUT2D eigenvalue weighted by molar-refractivity contribution is 0.313. The average molecular weight is 372 g/mol. The Kier molecular flexibility index (Phi) is 4.75. The molecule has 1 saturated carbocycles. The topological polar surface area (TPSA) is 9.23 Å². The van der Waals surface area contributed by atoms with Gasteiger partial charge in [-0.15, -0.1) is 0 Å². The Morgan fingerprint density at radius 1 is 1.00 bits per heavy atom. The molecular formula is C23H23F3O. The Labute approximate surface area is 157 Å². The number of fused-ring (bicyclic) bond motifs is 1. The third kappa shape index (κ3) is 3.05. The molecule has 3 unspecified atom stereocenters. The number of rotatable bonds is 4. The maximum absolute atomic E-state index is 14.7. The molecule has 1 nitrogen and oxygen atoms in total. The summed E-state index contributed by atoms with van der Waals surface area (Å²) in [5, 5.41) is 0. The number of hydrogen-bond acceptors (Lipinski definition) is 1. The zero-order valence-electron chi connectivity index (χ0n) is 15.6. The van der Waals surface area contributed by atoms with E-state index in [1.807, 2.05) is 25.1 Å². The molecule has 4 heteroatoms. The van der Waals surface area contributed by atoms with Crippen LogP contribution >= 0.6 is 0 Å². The third-order valence-electron chi connectivity index (χ3n) is 6.04. The molecular weight excluding hydrogens is 349 g/mol. The highest BCUT2D eigenvalue weighted by Gasteiger charge is 2.43. The van der Waals surface area contributed by atoms with Crippen LogP contribution < -0.4 is 4.74 Å². The predicted molar refractivity (Wildman–Crippen MR) is 100 cm³/mol. The molecule has 0 N–H and O–H groups in total. The van der Waals surface area contributed by atoms with Crippen LogP contribution in [0, 0.1) is 36.2 Å². The van der Waals surface area contributed by atoms with Crippen LogP contribution in [0.2, 0.25) is 0 Å². The van der Waals surface area contributed by atoms with Crippen LogP contribution in [0.15, 0.2) is 36.4 Å². The molecule has 0 heterocycles. The highest BCUT2D eigenvalue weighted by atomic mass is 19.2. The SMILES string of the molecule is CCOc1ccc(C2=CCC3C2CCC3c2ccc(C)cc2F)c(F)c1F. The fourth-order valence-corrected chi connectivity index (χ4v) is 4.85. The number of halogens is 3. The van der Waals surface area contributed by atoms with Crippen LogP contribution in [-0.2, 0) is 0 Å². The van der Waals surface area contributed by atoms with Gasteiger partial charge in [0.25, 0.3) is 0 Å². The minimum Gasteiger partial charge on any atom is -0.491 e. The van der Waals surface area contributed by atoms with E-state index in [1.54, 1.807) is 19.1 Å². The Bertz CT molecular complexity index is 903. The van der Waals surface area contributed by atoms with Gasteiger partial charge in [-0.05, 0) is 85.8 Å². The summed E-state index contributed by atoms with van der Waals surface area (Å²) in [5.41, 5.74) is 2.83. The molecule has 2 aromatic rings. The fourth-order valence-electron chi connectivity index (χ4n) is 4.85. The van der Waals surface area contributed by atoms with Crippen LogP contribution in [0.5, 0.6) is 5.75 Å².